The Bertz CT molecular complexity index is 858. The number of hydrogen-bond donors (Lipinski definition) is 1. The average Bonchev–Trinajstić information content (AvgIpc) is 3.16. The molecule has 4 rings (SSSR count). The van der Waals surface area contributed by atoms with E-state index in [-0.39, 0.29) is 17.7 Å². The summed E-state index contributed by atoms with van der Waals surface area (Å²) >= 11 is 1.40. The summed E-state index contributed by atoms with van der Waals surface area (Å²) in [5.41, 5.74) is 1.71. The monoisotopic (exact) mass is 387 g/mol. The van der Waals surface area contributed by atoms with Gasteiger partial charge in [0, 0.05) is 36.9 Å². The van der Waals surface area contributed by atoms with Gasteiger partial charge in [0.05, 0.1) is 5.69 Å². The Labute approximate surface area is 161 Å². The van der Waals surface area contributed by atoms with Gasteiger partial charge in [-0.2, -0.15) is 0 Å². The van der Waals surface area contributed by atoms with Crippen molar-refractivity contribution >= 4 is 28.3 Å². The predicted octanol–water partition coefficient (Wildman–Crippen LogP) is 2.78. The number of nitrogens with one attached hydrogen (secondary N) is 1. The van der Waals surface area contributed by atoms with Gasteiger partial charge in [0.1, 0.15) is 13.2 Å². The molecule has 1 saturated heterocycles. The van der Waals surface area contributed by atoms with Crippen LogP contribution in [0.25, 0.3) is 11.3 Å². The number of amides is 2. The standard InChI is InChI=1S/C19H21N3O4S/c1-12(23)22-6-4-13(5-7-22)18(24)21-19-20-15(11-27-19)14-2-3-16-17(10-14)26-9-8-25-16/h2-3,10-11,13H,4-9H2,1H3,(H,20,21,24). The third kappa shape index (κ3) is 3.90. The van der Waals surface area contributed by atoms with Crippen LogP contribution in [0.4, 0.5) is 5.13 Å². The molecule has 0 aliphatic carbocycles. The van der Waals surface area contributed by atoms with E-state index in [0.29, 0.717) is 44.3 Å². The summed E-state index contributed by atoms with van der Waals surface area (Å²) in [5.74, 6) is 1.42. The molecule has 2 aliphatic heterocycles. The van der Waals surface area contributed by atoms with Crippen LogP contribution < -0.4 is 14.8 Å². The Hall–Kier alpha value is -2.61. The number of thiazole rings is 1. The maximum atomic E-state index is 12.5. The maximum Gasteiger partial charge on any atom is 0.229 e. The first-order valence-corrected chi connectivity index (χ1v) is 9.90. The van der Waals surface area contributed by atoms with Crippen molar-refractivity contribution in [2.75, 3.05) is 31.6 Å². The third-order valence-electron chi connectivity index (χ3n) is 4.88. The van der Waals surface area contributed by atoms with E-state index < -0.39 is 0 Å². The number of piperidine rings is 1. The van der Waals surface area contributed by atoms with E-state index in [9.17, 15) is 9.59 Å². The van der Waals surface area contributed by atoms with E-state index in [4.69, 9.17) is 9.47 Å². The lowest BCUT2D eigenvalue weighted by atomic mass is 9.96. The van der Waals surface area contributed by atoms with Gasteiger partial charge in [-0.1, -0.05) is 0 Å². The molecule has 0 radical (unpaired) electrons. The Morgan fingerprint density at radius 3 is 2.67 bits per heavy atom. The molecule has 142 valence electrons. The zero-order chi connectivity index (χ0) is 18.8. The highest BCUT2D eigenvalue weighted by atomic mass is 32.1. The number of carbonyl (C=O) groups is 2. The van der Waals surface area contributed by atoms with E-state index in [1.165, 1.54) is 11.3 Å². The Morgan fingerprint density at radius 1 is 1.19 bits per heavy atom. The highest BCUT2D eigenvalue weighted by Gasteiger charge is 2.26. The fourth-order valence-corrected chi connectivity index (χ4v) is 4.05. The number of nitrogens with zero attached hydrogens (tertiary/aromatic N) is 2. The summed E-state index contributed by atoms with van der Waals surface area (Å²) in [6.45, 7) is 3.93. The van der Waals surface area contributed by atoms with Crippen molar-refractivity contribution < 1.29 is 19.1 Å². The summed E-state index contributed by atoms with van der Waals surface area (Å²) in [7, 11) is 0. The first-order chi connectivity index (χ1) is 13.1. The predicted molar refractivity (Wildman–Crippen MR) is 102 cm³/mol. The molecule has 1 fully saturated rings. The fraction of sp³-hybridized carbons (Fsp3) is 0.421. The van der Waals surface area contributed by atoms with Gasteiger partial charge >= 0.3 is 0 Å². The number of anilines is 1. The van der Waals surface area contributed by atoms with Crippen LogP contribution in [0.2, 0.25) is 0 Å². The number of carbonyl (C=O) groups excluding carboxylic acids is 2. The zero-order valence-corrected chi connectivity index (χ0v) is 15.9. The van der Waals surface area contributed by atoms with Crippen LogP contribution in [0.5, 0.6) is 11.5 Å². The molecule has 0 atom stereocenters. The second kappa shape index (κ2) is 7.56. The molecule has 2 aromatic rings. The number of ether oxygens (including phenoxy) is 2. The number of benzene rings is 1. The van der Waals surface area contributed by atoms with Crippen LogP contribution in [-0.4, -0.2) is 48.0 Å². The van der Waals surface area contributed by atoms with Gasteiger partial charge in [-0.15, -0.1) is 11.3 Å². The molecule has 8 heteroatoms. The third-order valence-corrected chi connectivity index (χ3v) is 5.64. The van der Waals surface area contributed by atoms with Crippen molar-refractivity contribution in [3.8, 4) is 22.8 Å². The van der Waals surface area contributed by atoms with Crippen LogP contribution in [0.15, 0.2) is 23.6 Å². The Morgan fingerprint density at radius 2 is 1.93 bits per heavy atom. The van der Waals surface area contributed by atoms with Gasteiger partial charge < -0.3 is 19.7 Å². The fourth-order valence-electron chi connectivity index (χ4n) is 3.33. The molecular formula is C19H21N3O4S. The molecule has 0 bridgehead atoms. The SMILES string of the molecule is CC(=O)N1CCC(C(=O)Nc2nc(-c3ccc4c(c3)OCCO4)cs2)CC1. The van der Waals surface area contributed by atoms with Gasteiger partial charge in [0.15, 0.2) is 16.6 Å². The van der Waals surface area contributed by atoms with Crippen LogP contribution in [0.1, 0.15) is 19.8 Å². The smallest absolute Gasteiger partial charge is 0.229 e. The number of rotatable bonds is 3. The minimum Gasteiger partial charge on any atom is -0.486 e. The summed E-state index contributed by atoms with van der Waals surface area (Å²) in [4.78, 5) is 30.2. The van der Waals surface area contributed by atoms with Gasteiger partial charge in [0.25, 0.3) is 0 Å². The van der Waals surface area contributed by atoms with Crippen LogP contribution in [0, 0.1) is 5.92 Å². The van der Waals surface area contributed by atoms with Crippen LogP contribution >= 0.6 is 11.3 Å². The second-order valence-corrected chi connectivity index (χ2v) is 7.52. The van der Waals surface area contributed by atoms with E-state index in [1.54, 1.807) is 11.8 Å². The highest BCUT2D eigenvalue weighted by Crippen LogP contribution is 2.35. The lowest BCUT2D eigenvalue weighted by molar-refractivity contribution is -0.132. The Balaban J connectivity index is 1.40. The second-order valence-electron chi connectivity index (χ2n) is 6.67. The van der Waals surface area contributed by atoms with Crippen LogP contribution in [0.3, 0.4) is 0 Å². The van der Waals surface area contributed by atoms with E-state index in [1.807, 2.05) is 23.6 Å². The van der Waals surface area contributed by atoms with Crippen molar-refractivity contribution in [3.05, 3.63) is 23.6 Å². The van der Waals surface area contributed by atoms with E-state index in [2.05, 4.69) is 10.3 Å². The summed E-state index contributed by atoms with van der Waals surface area (Å²) in [5, 5.41) is 5.42. The first kappa shape index (κ1) is 17.8. The van der Waals surface area contributed by atoms with Crippen molar-refractivity contribution in [2.24, 2.45) is 5.92 Å². The number of aromatic nitrogens is 1. The summed E-state index contributed by atoms with van der Waals surface area (Å²) in [6.07, 6.45) is 1.37. The lowest BCUT2D eigenvalue weighted by Crippen LogP contribution is -2.40. The summed E-state index contributed by atoms with van der Waals surface area (Å²) in [6, 6.07) is 5.72. The van der Waals surface area contributed by atoms with Gasteiger partial charge in [-0.25, -0.2) is 4.98 Å². The molecule has 1 aromatic carbocycles. The van der Waals surface area contributed by atoms with Crippen molar-refractivity contribution in [1.82, 2.24) is 9.88 Å². The molecule has 7 nitrogen and oxygen atoms in total. The quantitative estimate of drug-likeness (QED) is 0.876. The summed E-state index contributed by atoms with van der Waals surface area (Å²) < 4.78 is 11.2. The molecule has 0 spiro atoms. The number of hydrogen-bond acceptors (Lipinski definition) is 6. The molecule has 0 unspecified atom stereocenters. The zero-order valence-electron chi connectivity index (χ0n) is 15.1. The molecule has 1 N–H and O–H groups in total. The molecule has 3 heterocycles. The van der Waals surface area contributed by atoms with Crippen molar-refractivity contribution in [3.63, 3.8) is 0 Å². The molecule has 2 aliphatic rings. The molecule has 1 aromatic heterocycles. The van der Waals surface area contributed by atoms with Gasteiger partial charge in [-0.05, 0) is 31.0 Å². The molecule has 0 saturated carbocycles. The average molecular weight is 387 g/mol. The van der Waals surface area contributed by atoms with E-state index in [0.717, 1.165) is 22.8 Å². The normalized spacial score (nSPS) is 16.9. The minimum absolute atomic E-state index is 0.0266. The lowest BCUT2D eigenvalue weighted by Gasteiger charge is -2.30. The van der Waals surface area contributed by atoms with Crippen LogP contribution in [-0.2, 0) is 9.59 Å². The topological polar surface area (TPSA) is 80.8 Å². The van der Waals surface area contributed by atoms with E-state index >= 15 is 0 Å². The number of fused-ring (bicyclic) bond motifs is 1. The largest absolute Gasteiger partial charge is 0.486 e. The number of likely N-dealkylation sites (tertiary alicyclic amines) is 1. The van der Waals surface area contributed by atoms with Crippen molar-refractivity contribution in [1.29, 1.82) is 0 Å². The maximum absolute atomic E-state index is 12.5. The molecular weight excluding hydrogens is 366 g/mol. The highest BCUT2D eigenvalue weighted by molar-refractivity contribution is 7.14. The molecule has 27 heavy (non-hydrogen) atoms. The Kier molecular flexibility index (Phi) is 4.98. The van der Waals surface area contributed by atoms with Gasteiger partial charge in [0.2, 0.25) is 11.8 Å². The minimum atomic E-state index is -0.0813. The molecule has 2 amide bonds. The van der Waals surface area contributed by atoms with Crippen molar-refractivity contribution in [2.45, 2.75) is 19.8 Å². The van der Waals surface area contributed by atoms with Gasteiger partial charge in [-0.3, -0.25) is 9.59 Å². The first-order valence-electron chi connectivity index (χ1n) is 9.02.